The molecule has 1 saturated heterocycles. The molecule has 0 atom stereocenters. The third kappa shape index (κ3) is 4.11. The van der Waals surface area contributed by atoms with Crippen molar-refractivity contribution in [1.29, 1.82) is 0 Å². The fraction of sp³-hybridized carbons (Fsp3) is 0.280. The summed E-state index contributed by atoms with van der Waals surface area (Å²) >= 11 is 0. The number of benzene rings is 2. The summed E-state index contributed by atoms with van der Waals surface area (Å²) in [6.45, 7) is 2.33. The Labute approximate surface area is 191 Å². The SMILES string of the molecule is COc1ccc2[nH]cc(CCN=C(c3ccc(C)cc3)C3C(=O)N(C)C(=O)N(C)C3=O)c2c1. The Bertz CT molecular complexity index is 1240. The summed E-state index contributed by atoms with van der Waals surface area (Å²) in [4.78, 5) is 48.1. The molecule has 2 aromatic carbocycles. The average Bonchev–Trinajstić information content (AvgIpc) is 3.23. The van der Waals surface area contributed by atoms with Gasteiger partial charge in [0.1, 0.15) is 5.75 Å². The van der Waals surface area contributed by atoms with Gasteiger partial charge in [0.2, 0.25) is 11.8 Å². The molecule has 1 aromatic heterocycles. The number of barbiturate groups is 1. The van der Waals surface area contributed by atoms with Crippen LogP contribution in [-0.4, -0.2) is 66.1 Å². The number of carbonyl (C=O) groups excluding carboxylic acids is 3. The number of aryl methyl sites for hydroxylation is 1. The van der Waals surface area contributed by atoms with E-state index in [0.29, 0.717) is 24.2 Å². The zero-order chi connectivity index (χ0) is 23.7. The number of aliphatic imine (C=N–C) groups is 1. The van der Waals surface area contributed by atoms with Crippen LogP contribution >= 0.6 is 0 Å². The third-order valence-electron chi connectivity index (χ3n) is 5.99. The molecule has 3 aromatic rings. The number of rotatable bonds is 6. The Hall–Kier alpha value is -3.94. The maximum Gasteiger partial charge on any atom is 0.332 e. The average molecular weight is 447 g/mol. The van der Waals surface area contributed by atoms with Gasteiger partial charge < -0.3 is 9.72 Å². The number of aromatic amines is 1. The maximum atomic E-state index is 13.0. The molecule has 1 aliphatic rings. The first-order valence-corrected chi connectivity index (χ1v) is 10.7. The van der Waals surface area contributed by atoms with E-state index in [4.69, 9.17) is 9.73 Å². The highest BCUT2D eigenvalue weighted by molar-refractivity contribution is 6.30. The Morgan fingerprint density at radius 1 is 1.03 bits per heavy atom. The lowest BCUT2D eigenvalue weighted by molar-refractivity contribution is -0.144. The molecule has 0 bridgehead atoms. The molecule has 0 aliphatic carbocycles. The molecule has 8 heteroatoms. The fourth-order valence-corrected chi connectivity index (χ4v) is 4.00. The van der Waals surface area contributed by atoms with Gasteiger partial charge in [0.05, 0.1) is 12.8 Å². The van der Waals surface area contributed by atoms with E-state index in [-0.39, 0.29) is 0 Å². The number of hydrogen-bond donors (Lipinski definition) is 1. The van der Waals surface area contributed by atoms with Crippen molar-refractivity contribution in [3.8, 4) is 5.75 Å². The minimum absolute atomic E-state index is 0.367. The first-order valence-electron chi connectivity index (χ1n) is 10.7. The monoisotopic (exact) mass is 446 g/mol. The number of urea groups is 1. The number of imide groups is 2. The summed E-state index contributed by atoms with van der Waals surface area (Å²) in [5.74, 6) is -1.54. The number of fused-ring (bicyclic) bond motifs is 1. The van der Waals surface area contributed by atoms with Gasteiger partial charge in [-0.05, 0) is 42.7 Å². The smallest absolute Gasteiger partial charge is 0.332 e. The molecule has 0 spiro atoms. The van der Waals surface area contributed by atoms with Gasteiger partial charge in [0, 0.05) is 37.7 Å². The molecule has 0 unspecified atom stereocenters. The molecule has 0 radical (unpaired) electrons. The molecular formula is C25H26N4O4. The summed E-state index contributed by atoms with van der Waals surface area (Å²) in [6, 6.07) is 12.7. The van der Waals surface area contributed by atoms with Gasteiger partial charge in [-0.1, -0.05) is 29.8 Å². The van der Waals surface area contributed by atoms with E-state index in [1.807, 2.05) is 55.6 Å². The van der Waals surface area contributed by atoms with Crippen LogP contribution in [-0.2, 0) is 16.0 Å². The van der Waals surface area contributed by atoms with Crippen LogP contribution in [0.3, 0.4) is 0 Å². The molecule has 1 fully saturated rings. The van der Waals surface area contributed by atoms with Gasteiger partial charge in [-0.25, -0.2) is 4.79 Å². The zero-order valence-corrected chi connectivity index (χ0v) is 19.1. The van der Waals surface area contributed by atoms with Crippen molar-refractivity contribution in [1.82, 2.24) is 14.8 Å². The summed E-state index contributed by atoms with van der Waals surface area (Å²) in [5, 5.41) is 1.04. The van der Waals surface area contributed by atoms with Crippen LogP contribution in [0.5, 0.6) is 5.75 Å². The normalized spacial score (nSPS) is 15.6. The van der Waals surface area contributed by atoms with E-state index < -0.39 is 23.8 Å². The second kappa shape index (κ2) is 8.90. The van der Waals surface area contributed by atoms with E-state index in [0.717, 1.165) is 37.6 Å². The second-order valence-corrected chi connectivity index (χ2v) is 8.12. The van der Waals surface area contributed by atoms with E-state index in [9.17, 15) is 14.4 Å². The van der Waals surface area contributed by atoms with Crippen molar-refractivity contribution in [2.45, 2.75) is 13.3 Å². The second-order valence-electron chi connectivity index (χ2n) is 8.12. The highest BCUT2D eigenvalue weighted by Crippen LogP contribution is 2.25. The van der Waals surface area contributed by atoms with Crippen LogP contribution in [0.15, 0.2) is 53.7 Å². The molecule has 0 saturated carbocycles. The van der Waals surface area contributed by atoms with Crippen molar-refractivity contribution in [3.63, 3.8) is 0 Å². The van der Waals surface area contributed by atoms with Crippen molar-refractivity contribution in [2.24, 2.45) is 10.9 Å². The number of hydrogen-bond acceptors (Lipinski definition) is 5. The number of nitrogens with one attached hydrogen (secondary N) is 1. The molecule has 8 nitrogen and oxygen atoms in total. The zero-order valence-electron chi connectivity index (χ0n) is 19.1. The Morgan fingerprint density at radius 3 is 2.33 bits per heavy atom. The highest BCUT2D eigenvalue weighted by atomic mass is 16.5. The summed E-state index contributed by atoms with van der Waals surface area (Å²) < 4.78 is 5.34. The Kier molecular flexibility index (Phi) is 6.00. The molecular weight excluding hydrogens is 420 g/mol. The first-order chi connectivity index (χ1) is 15.8. The molecule has 1 aliphatic heterocycles. The number of aromatic nitrogens is 1. The van der Waals surface area contributed by atoms with E-state index >= 15 is 0 Å². The summed E-state index contributed by atoms with van der Waals surface area (Å²) in [6.07, 6.45) is 2.53. The molecule has 2 heterocycles. The number of methoxy groups -OCH3 is 1. The van der Waals surface area contributed by atoms with Crippen LogP contribution in [0.1, 0.15) is 16.7 Å². The minimum Gasteiger partial charge on any atom is -0.497 e. The van der Waals surface area contributed by atoms with Crippen molar-refractivity contribution in [2.75, 3.05) is 27.7 Å². The van der Waals surface area contributed by atoms with E-state index in [1.54, 1.807) is 7.11 Å². The van der Waals surface area contributed by atoms with Crippen LogP contribution in [0.2, 0.25) is 0 Å². The largest absolute Gasteiger partial charge is 0.497 e. The van der Waals surface area contributed by atoms with Crippen molar-refractivity contribution >= 4 is 34.5 Å². The number of ether oxygens (including phenoxy) is 1. The maximum absolute atomic E-state index is 13.0. The predicted molar refractivity (Wildman–Crippen MR) is 126 cm³/mol. The summed E-state index contributed by atoms with van der Waals surface area (Å²) in [7, 11) is 4.39. The van der Waals surface area contributed by atoms with E-state index in [2.05, 4.69) is 4.98 Å². The molecule has 170 valence electrons. The van der Waals surface area contributed by atoms with Gasteiger partial charge in [0.25, 0.3) is 0 Å². The predicted octanol–water partition coefficient (Wildman–Crippen LogP) is 3.18. The number of H-pyrrole nitrogens is 1. The highest BCUT2D eigenvalue weighted by Gasteiger charge is 2.45. The fourth-order valence-electron chi connectivity index (χ4n) is 4.00. The van der Waals surface area contributed by atoms with Crippen LogP contribution in [0.4, 0.5) is 4.79 Å². The van der Waals surface area contributed by atoms with Gasteiger partial charge in [-0.3, -0.25) is 24.4 Å². The van der Waals surface area contributed by atoms with E-state index in [1.165, 1.54) is 14.1 Å². The first kappa shape index (κ1) is 22.3. The minimum atomic E-state index is -1.16. The molecule has 33 heavy (non-hydrogen) atoms. The van der Waals surface area contributed by atoms with Gasteiger partial charge in [-0.15, -0.1) is 0 Å². The van der Waals surface area contributed by atoms with Gasteiger partial charge in [0.15, 0.2) is 5.92 Å². The molecule has 4 amide bonds. The number of carbonyl (C=O) groups is 3. The molecule has 4 rings (SSSR count). The lowest BCUT2D eigenvalue weighted by atomic mass is 9.92. The Balaban J connectivity index is 1.68. The van der Waals surface area contributed by atoms with Crippen molar-refractivity contribution < 1.29 is 19.1 Å². The van der Waals surface area contributed by atoms with Crippen molar-refractivity contribution in [3.05, 3.63) is 65.4 Å². The third-order valence-corrected chi connectivity index (χ3v) is 5.99. The van der Waals surface area contributed by atoms with Gasteiger partial charge in [-0.2, -0.15) is 0 Å². The van der Waals surface area contributed by atoms with Crippen LogP contribution in [0.25, 0.3) is 10.9 Å². The lowest BCUT2D eigenvalue weighted by Gasteiger charge is -2.33. The lowest BCUT2D eigenvalue weighted by Crippen LogP contribution is -2.59. The quantitative estimate of drug-likeness (QED) is 0.465. The van der Waals surface area contributed by atoms with Gasteiger partial charge >= 0.3 is 6.03 Å². The van der Waals surface area contributed by atoms with Crippen LogP contribution < -0.4 is 4.74 Å². The summed E-state index contributed by atoms with van der Waals surface area (Å²) in [5.41, 5.74) is 4.16. The molecule has 1 N–H and O–H groups in total. The number of amides is 4. The number of nitrogens with zero attached hydrogens (tertiary/aromatic N) is 3. The standard InChI is InChI=1S/C25H26N4O4/c1-15-5-7-16(8-6-15)22(21-23(30)28(2)25(32)29(3)24(21)31)26-12-11-17-14-27-20-10-9-18(33-4)13-19(17)20/h5-10,13-14,21,27H,11-12H2,1-4H3. The topological polar surface area (TPSA) is 95.1 Å². The Morgan fingerprint density at radius 2 is 1.70 bits per heavy atom. The van der Waals surface area contributed by atoms with Crippen LogP contribution in [0, 0.1) is 12.8 Å².